The van der Waals surface area contributed by atoms with E-state index in [-0.39, 0.29) is 16.1 Å². The predicted molar refractivity (Wildman–Crippen MR) is 72.4 cm³/mol. The molecule has 0 atom stereocenters. The molecule has 0 aliphatic heterocycles. The maximum atomic E-state index is 11.8. The lowest BCUT2D eigenvalue weighted by molar-refractivity contribution is 0.0954. The van der Waals surface area contributed by atoms with Gasteiger partial charge < -0.3 is 5.32 Å². The Balaban J connectivity index is 1.93. The summed E-state index contributed by atoms with van der Waals surface area (Å²) >= 11 is 13.2. The molecule has 1 amide bonds. The summed E-state index contributed by atoms with van der Waals surface area (Å²) in [5.41, 5.74) is 0.329. The first-order chi connectivity index (χ1) is 8.66. The third-order valence-corrected chi connectivity index (χ3v) is 3.52. The molecule has 0 bridgehead atoms. The molecule has 94 valence electrons. The van der Waals surface area contributed by atoms with Gasteiger partial charge in [0.05, 0.1) is 15.6 Å². The van der Waals surface area contributed by atoms with Crippen molar-refractivity contribution in [3.05, 3.63) is 44.6 Å². The van der Waals surface area contributed by atoms with Crippen LogP contribution in [0.2, 0.25) is 10.2 Å². The van der Waals surface area contributed by atoms with Crippen LogP contribution in [0.4, 0.5) is 0 Å². The Bertz CT molecular complexity index is 545. The topological polar surface area (TPSA) is 54.9 Å². The van der Waals surface area contributed by atoms with E-state index < -0.39 is 0 Å². The molecular formula is C11H9Cl2N3OS. The molecule has 4 nitrogen and oxygen atoms in total. The molecule has 1 N–H and O–H groups in total. The number of amides is 1. The van der Waals surface area contributed by atoms with Crippen LogP contribution in [0.15, 0.2) is 23.8 Å². The van der Waals surface area contributed by atoms with Crippen LogP contribution in [0, 0.1) is 0 Å². The van der Waals surface area contributed by atoms with E-state index in [0.717, 1.165) is 5.01 Å². The van der Waals surface area contributed by atoms with Crippen molar-refractivity contribution in [2.75, 3.05) is 6.54 Å². The van der Waals surface area contributed by atoms with Gasteiger partial charge in [-0.1, -0.05) is 23.2 Å². The van der Waals surface area contributed by atoms with E-state index in [1.165, 1.54) is 12.3 Å². The summed E-state index contributed by atoms with van der Waals surface area (Å²) in [4.78, 5) is 19.8. The first-order valence-corrected chi connectivity index (χ1v) is 6.78. The Labute approximate surface area is 118 Å². The average Bonchev–Trinajstić information content (AvgIpc) is 2.85. The Kier molecular flexibility index (Phi) is 4.52. The van der Waals surface area contributed by atoms with Crippen LogP contribution in [0.3, 0.4) is 0 Å². The highest BCUT2D eigenvalue weighted by Gasteiger charge is 2.11. The second-order valence-electron chi connectivity index (χ2n) is 3.42. The number of nitrogens with zero attached hydrogens (tertiary/aromatic N) is 2. The standard InChI is InChI=1S/C11H9Cl2N3OS/c12-8-6-16-9(13)5-7(8)11(17)15-2-1-10-14-3-4-18-10/h3-6H,1-2H2,(H,15,17). The average molecular weight is 302 g/mol. The van der Waals surface area contributed by atoms with Gasteiger partial charge in [0.2, 0.25) is 0 Å². The Morgan fingerprint density at radius 1 is 1.39 bits per heavy atom. The van der Waals surface area contributed by atoms with Gasteiger partial charge in [-0.15, -0.1) is 11.3 Å². The smallest absolute Gasteiger partial charge is 0.252 e. The third-order valence-electron chi connectivity index (χ3n) is 2.17. The van der Waals surface area contributed by atoms with E-state index in [0.29, 0.717) is 18.5 Å². The van der Waals surface area contributed by atoms with E-state index in [9.17, 15) is 4.79 Å². The van der Waals surface area contributed by atoms with Gasteiger partial charge in [0, 0.05) is 30.7 Å². The first kappa shape index (κ1) is 13.3. The minimum atomic E-state index is -0.263. The van der Waals surface area contributed by atoms with Crippen LogP contribution in [0.1, 0.15) is 15.4 Å². The van der Waals surface area contributed by atoms with Gasteiger partial charge in [-0.3, -0.25) is 4.79 Å². The number of nitrogens with one attached hydrogen (secondary N) is 1. The van der Waals surface area contributed by atoms with Crippen molar-refractivity contribution in [3.63, 3.8) is 0 Å². The van der Waals surface area contributed by atoms with Crippen molar-refractivity contribution in [2.24, 2.45) is 0 Å². The highest BCUT2D eigenvalue weighted by molar-refractivity contribution is 7.09. The van der Waals surface area contributed by atoms with Gasteiger partial charge >= 0.3 is 0 Å². The quantitative estimate of drug-likeness (QED) is 0.884. The molecule has 7 heteroatoms. The lowest BCUT2D eigenvalue weighted by Gasteiger charge is -2.05. The zero-order valence-electron chi connectivity index (χ0n) is 9.19. The van der Waals surface area contributed by atoms with Crippen molar-refractivity contribution in [1.82, 2.24) is 15.3 Å². The van der Waals surface area contributed by atoms with E-state index in [2.05, 4.69) is 15.3 Å². The second kappa shape index (κ2) is 6.13. The van der Waals surface area contributed by atoms with Gasteiger partial charge in [0.1, 0.15) is 5.15 Å². The van der Waals surface area contributed by atoms with Crippen LogP contribution < -0.4 is 5.32 Å². The van der Waals surface area contributed by atoms with Gasteiger partial charge in [-0.25, -0.2) is 9.97 Å². The summed E-state index contributed by atoms with van der Waals surface area (Å²) in [6.07, 6.45) is 3.79. The molecule has 0 aliphatic rings. The molecule has 0 fully saturated rings. The fourth-order valence-electron chi connectivity index (χ4n) is 1.34. The van der Waals surface area contributed by atoms with E-state index in [1.54, 1.807) is 17.5 Å². The zero-order chi connectivity index (χ0) is 13.0. The van der Waals surface area contributed by atoms with Crippen LogP contribution in [0.25, 0.3) is 0 Å². The Morgan fingerprint density at radius 2 is 2.22 bits per heavy atom. The van der Waals surface area contributed by atoms with E-state index >= 15 is 0 Å². The van der Waals surface area contributed by atoms with Crippen molar-refractivity contribution < 1.29 is 4.79 Å². The third kappa shape index (κ3) is 3.41. The number of thiazole rings is 1. The number of rotatable bonds is 4. The maximum absolute atomic E-state index is 11.8. The summed E-state index contributed by atoms with van der Waals surface area (Å²) in [5, 5.41) is 6.17. The van der Waals surface area contributed by atoms with Gasteiger partial charge in [0.15, 0.2) is 0 Å². The lowest BCUT2D eigenvalue weighted by Crippen LogP contribution is -2.26. The number of carbonyl (C=O) groups is 1. The highest BCUT2D eigenvalue weighted by atomic mass is 35.5. The molecule has 2 rings (SSSR count). The lowest BCUT2D eigenvalue weighted by atomic mass is 10.2. The number of carbonyl (C=O) groups excluding carboxylic acids is 1. The van der Waals surface area contributed by atoms with Gasteiger partial charge in [-0.2, -0.15) is 0 Å². The maximum Gasteiger partial charge on any atom is 0.252 e. The molecule has 0 spiro atoms. The molecule has 2 aromatic heterocycles. The van der Waals surface area contributed by atoms with Crippen LogP contribution in [0.5, 0.6) is 0 Å². The van der Waals surface area contributed by atoms with Crippen LogP contribution in [-0.2, 0) is 6.42 Å². The fourth-order valence-corrected chi connectivity index (χ4v) is 2.31. The van der Waals surface area contributed by atoms with E-state index in [1.807, 2.05) is 5.38 Å². The van der Waals surface area contributed by atoms with Crippen molar-refractivity contribution in [3.8, 4) is 0 Å². The molecule has 0 radical (unpaired) electrons. The van der Waals surface area contributed by atoms with Crippen LogP contribution in [-0.4, -0.2) is 22.4 Å². The van der Waals surface area contributed by atoms with Gasteiger partial charge in [0.25, 0.3) is 5.91 Å². The molecule has 2 aromatic rings. The summed E-state index contributed by atoms with van der Waals surface area (Å²) in [6, 6.07) is 1.45. The van der Waals surface area contributed by atoms with Crippen molar-refractivity contribution in [2.45, 2.75) is 6.42 Å². The minimum Gasteiger partial charge on any atom is -0.352 e. The highest BCUT2D eigenvalue weighted by Crippen LogP contribution is 2.17. The number of aromatic nitrogens is 2. The molecule has 0 aliphatic carbocycles. The number of hydrogen-bond donors (Lipinski definition) is 1. The second-order valence-corrected chi connectivity index (χ2v) is 5.19. The number of halogens is 2. The molecule has 0 saturated carbocycles. The molecule has 18 heavy (non-hydrogen) atoms. The van der Waals surface area contributed by atoms with Crippen molar-refractivity contribution >= 4 is 40.4 Å². The first-order valence-electron chi connectivity index (χ1n) is 5.14. The summed E-state index contributed by atoms with van der Waals surface area (Å²) < 4.78 is 0. The Hall–Kier alpha value is -1.17. The molecule has 0 saturated heterocycles. The molecule has 0 aromatic carbocycles. The summed E-state index contributed by atoms with van der Waals surface area (Å²) in [5.74, 6) is -0.263. The van der Waals surface area contributed by atoms with Crippen molar-refractivity contribution in [1.29, 1.82) is 0 Å². The van der Waals surface area contributed by atoms with Crippen LogP contribution >= 0.6 is 34.5 Å². The normalized spacial score (nSPS) is 10.3. The number of hydrogen-bond acceptors (Lipinski definition) is 4. The minimum absolute atomic E-state index is 0.240. The SMILES string of the molecule is O=C(NCCc1nccs1)c1cc(Cl)ncc1Cl. The molecule has 0 unspecified atom stereocenters. The summed E-state index contributed by atoms with van der Waals surface area (Å²) in [7, 11) is 0. The zero-order valence-corrected chi connectivity index (χ0v) is 11.5. The predicted octanol–water partition coefficient (Wildman–Crippen LogP) is 2.82. The van der Waals surface area contributed by atoms with E-state index in [4.69, 9.17) is 23.2 Å². The molecular weight excluding hydrogens is 293 g/mol. The Morgan fingerprint density at radius 3 is 2.94 bits per heavy atom. The largest absolute Gasteiger partial charge is 0.352 e. The molecule has 2 heterocycles. The fraction of sp³-hybridized carbons (Fsp3) is 0.182. The summed E-state index contributed by atoms with van der Waals surface area (Å²) in [6.45, 7) is 0.503. The van der Waals surface area contributed by atoms with Gasteiger partial charge in [-0.05, 0) is 6.07 Å². The number of pyridine rings is 1. The monoisotopic (exact) mass is 301 g/mol.